The lowest BCUT2D eigenvalue weighted by atomic mass is 9.91. The fourth-order valence-electron chi connectivity index (χ4n) is 3.11. The normalized spacial score (nSPS) is 22.9. The molecule has 7 heteroatoms. The Morgan fingerprint density at radius 3 is 2.43 bits per heavy atom. The van der Waals surface area contributed by atoms with Crippen LogP contribution in [0.3, 0.4) is 0 Å². The van der Waals surface area contributed by atoms with Gasteiger partial charge in [0, 0.05) is 19.1 Å². The van der Waals surface area contributed by atoms with E-state index in [2.05, 4.69) is 18.7 Å². The van der Waals surface area contributed by atoms with Crippen LogP contribution in [0.5, 0.6) is 0 Å². The van der Waals surface area contributed by atoms with Crippen molar-refractivity contribution in [1.29, 1.82) is 0 Å². The highest BCUT2D eigenvalue weighted by molar-refractivity contribution is 7.89. The summed E-state index contributed by atoms with van der Waals surface area (Å²) in [5.74, 6) is -0.509. The SMILES string of the molecule is CC(C)[C@@H]1CN(S(=O)(=O)c2cccc(C(=O)O)c2)C[C@H]1N(C)C. The third kappa shape index (κ3) is 3.57. The lowest BCUT2D eigenvalue weighted by Gasteiger charge is -2.27. The van der Waals surface area contributed by atoms with Crippen LogP contribution in [-0.4, -0.2) is 61.9 Å². The number of likely N-dealkylation sites (N-methyl/N-ethyl adjacent to an activating group) is 1. The first-order valence-electron chi connectivity index (χ1n) is 7.64. The lowest BCUT2D eigenvalue weighted by Crippen LogP contribution is -2.37. The number of carboxylic acid groups (broad SMARTS) is 1. The number of hydrogen-bond acceptors (Lipinski definition) is 4. The Hall–Kier alpha value is -1.44. The highest BCUT2D eigenvalue weighted by Gasteiger charge is 2.41. The molecule has 0 aromatic heterocycles. The zero-order chi connectivity index (χ0) is 17.4. The summed E-state index contributed by atoms with van der Waals surface area (Å²) >= 11 is 0. The van der Waals surface area contributed by atoms with E-state index in [4.69, 9.17) is 5.11 Å². The molecular weight excluding hydrogens is 316 g/mol. The third-order valence-electron chi connectivity index (χ3n) is 4.54. The molecule has 23 heavy (non-hydrogen) atoms. The van der Waals surface area contributed by atoms with Crippen molar-refractivity contribution in [2.45, 2.75) is 24.8 Å². The van der Waals surface area contributed by atoms with Crippen LogP contribution in [0.4, 0.5) is 0 Å². The number of sulfonamides is 1. The van der Waals surface area contributed by atoms with Crippen molar-refractivity contribution in [2.24, 2.45) is 11.8 Å². The molecular formula is C16H24N2O4S. The number of carbonyl (C=O) groups is 1. The summed E-state index contributed by atoms with van der Waals surface area (Å²) in [5.41, 5.74) is -0.0187. The van der Waals surface area contributed by atoms with E-state index in [0.29, 0.717) is 19.0 Å². The number of carboxylic acids is 1. The maximum atomic E-state index is 12.9. The summed E-state index contributed by atoms with van der Waals surface area (Å²) in [4.78, 5) is 13.2. The number of benzene rings is 1. The van der Waals surface area contributed by atoms with Gasteiger partial charge in [-0.25, -0.2) is 13.2 Å². The summed E-state index contributed by atoms with van der Waals surface area (Å²) < 4.78 is 27.2. The predicted molar refractivity (Wildman–Crippen MR) is 88.0 cm³/mol. The van der Waals surface area contributed by atoms with Crippen molar-refractivity contribution in [3.63, 3.8) is 0 Å². The molecule has 1 aliphatic heterocycles. The minimum Gasteiger partial charge on any atom is -0.478 e. The molecule has 0 aliphatic carbocycles. The number of nitrogens with zero attached hydrogens (tertiary/aromatic N) is 2. The number of aromatic carboxylic acids is 1. The molecule has 1 saturated heterocycles. The minimum absolute atomic E-state index is 0.0187. The first kappa shape index (κ1) is 17.9. The molecule has 0 unspecified atom stereocenters. The van der Waals surface area contributed by atoms with Gasteiger partial charge < -0.3 is 10.0 Å². The summed E-state index contributed by atoms with van der Waals surface area (Å²) in [6.07, 6.45) is 0. The molecule has 1 aromatic carbocycles. The summed E-state index contributed by atoms with van der Waals surface area (Å²) in [6, 6.07) is 5.70. The fourth-order valence-corrected chi connectivity index (χ4v) is 4.65. The van der Waals surface area contributed by atoms with Gasteiger partial charge in [0.05, 0.1) is 10.5 Å². The van der Waals surface area contributed by atoms with Gasteiger partial charge in [0.25, 0.3) is 0 Å². The van der Waals surface area contributed by atoms with E-state index in [-0.39, 0.29) is 22.4 Å². The van der Waals surface area contributed by atoms with Crippen LogP contribution in [0.1, 0.15) is 24.2 Å². The standard InChI is InChI=1S/C16H24N2O4S/c1-11(2)14-9-18(10-15(14)17(3)4)23(21,22)13-7-5-6-12(8-13)16(19)20/h5-8,11,14-15H,9-10H2,1-4H3,(H,19,20)/t14-,15+/m0/s1. The van der Waals surface area contributed by atoms with Gasteiger partial charge in [0.1, 0.15) is 0 Å². The molecule has 0 bridgehead atoms. The quantitative estimate of drug-likeness (QED) is 0.881. The summed E-state index contributed by atoms with van der Waals surface area (Å²) in [6.45, 7) is 5.08. The van der Waals surface area contributed by atoms with Gasteiger partial charge >= 0.3 is 5.97 Å². The van der Waals surface area contributed by atoms with Crippen LogP contribution in [0, 0.1) is 11.8 Å². The maximum absolute atomic E-state index is 12.9. The Labute approximate surface area is 137 Å². The largest absolute Gasteiger partial charge is 0.478 e. The molecule has 0 spiro atoms. The molecule has 0 amide bonds. The number of rotatable bonds is 5. The van der Waals surface area contributed by atoms with E-state index in [0.717, 1.165) is 0 Å². The number of hydrogen-bond donors (Lipinski definition) is 1. The van der Waals surface area contributed by atoms with Crippen LogP contribution >= 0.6 is 0 Å². The zero-order valence-corrected chi connectivity index (χ0v) is 14.7. The van der Waals surface area contributed by atoms with Gasteiger partial charge in [-0.15, -0.1) is 0 Å². The van der Waals surface area contributed by atoms with Crippen molar-refractivity contribution < 1.29 is 18.3 Å². The molecule has 1 fully saturated rings. The van der Waals surface area contributed by atoms with Crippen LogP contribution in [0.2, 0.25) is 0 Å². The van der Waals surface area contributed by atoms with E-state index < -0.39 is 16.0 Å². The Morgan fingerprint density at radius 2 is 1.96 bits per heavy atom. The van der Waals surface area contributed by atoms with E-state index >= 15 is 0 Å². The Kier molecular flexibility index (Phi) is 5.13. The van der Waals surface area contributed by atoms with Gasteiger partial charge in [-0.3, -0.25) is 0 Å². The van der Waals surface area contributed by atoms with E-state index in [1.807, 2.05) is 14.1 Å². The highest BCUT2D eigenvalue weighted by atomic mass is 32.2. The monoisotopic (exact) mass is 340 g/mol. The Balaban J connectivity index is 2.34. The predicted octanol–water partition coefficient (Wildman–Crippen LogP) is 1.59. The van der Waals surface area contributed by atoms with Gasteiger partial charge in [0.15, 0.2) is 0 Å². The van der Waals surface area contributed by atoms with Gasteiger partial charge in [-0.2, -0.15) is 4.31 Å². The Bertz CT molecular complexity index is 669. The van der Waals surface area contributed by atoms with E-state index in [9.17, 15) is 13.2 Å². The fraction of sp³-hybridized carbons (Fsp3) is 0.562. The molecule has 128 valence electrons. The molecule has 2 rings (SSSR count). The third-order valence-corrected chi connectivity index (χ3v) is 6.37. The smallest absolute Gasteiger partial charge is 0.335 e. The first-order valence-corrected chi connectivity index (χ1v) is 9.08. The van der Waals surface area contributed by atoms with Crippen molar-refractivity contribution in [3.8, 4) is 0 Å². The van der Waals surface area contributed by atoms with Crippen molar-refractivity contribution in [2.75, 3.05) is 27.2 Å². The summed E-state index contributed by atoms with van der Waals surface area (Å²) in [5, 5.41) is 9.05. The topological polar surface area (TPSA) is 77.9 Å². The van der Waals surface area contributed by atoms with Crippen LogP contribution < -0.4 is 0 Å². The van der Waals surface area contributed by atoms with Gasteiger partial charge in [-0.05, 0) is 44.1 Å². The first-order chi connectivity index (χ1) is 10.6. The minimum atomic E-state index is -3.68. The zero-order valence-electron chi connectivity index (χ0n) is 13.9. The molecule has 1 N–H and O–H groups in total. The molecule has 1 heterocycles. The van der Waals surface area contributed by atoms with Crippen LogP contribution in [0.25, 0.3) is 0 Å². The maximum Gasteiger partial charge on any atom is 0.335 e. The second-order valence-corrected chi connectivity index (χ2v) is 8.53. The van der Waals surface area contributed by atoms with Crippen molar-refractivity contribution in [1.82, 2.24) is 9.21 Å². The molecule has 1 aromatic rings. The Morgan fingerprint density at radius 1 is 1.30 bits per heavy atom. The molecule has 6 nitrogen and oxygen atoms in total. The van der Waals surface area contributed by atoms with Gasteiger partial charge in [0.2, 0.25) is 10.0 Å². The summed E-state index contributed by atoms with van der Waals surface area (Å²) in [7, 11) is 0.235. The second-order valence-electron chi connectivity index (χ2n) is 6.59. The molecule has 1 aliphatic rings. The van der Waals surface area contributed by atoms with Crippen LogP contribution in [-0.2, 0) is 10.0 Å². The van der Waals surface area contributed by atoms with Gasteiger partial charge in [-0.1, -0.05) is 19.9 Å². The van der Waals surface area contributed by atoms with E-state index in [1.165, 1.54) is 28.6 Å². The lowest BCUT2D eigenvalue weighted by molar-refractivity contribution is 0.0696. The van der Waals surface area contributed by atoms with Crippen molar-refractivity contribution in [3.05, 3.63) is 29.8 Å². The average molecular weight is 340 g/mol. The van der Waals surface area contributed by atoms with E-state index in [1.54, 1.807) is 0 Å². The van der Waals surface area contributed by atoms with Crippen LogP contribution in [0.15, 0.2) is 29.2 Å². The average Bonchev–Trinajstić information content (AvgIpc) is 2.93. The molecule has 0 saturated carbocycles. The molecule has 0 radical (unpaired) electrons. The highest BCUT2D eigenvalue weighted by Crippen LogP contribution is 2.31. The molecule has 2 atom stereocenters. The second kappa shape index (κ2) is 6.59. The van der Waals surface area contributed by atoms with Crippen molar-refractivity contribution >= 4 is 16.0 Å².